The SMILES string of the molecule is CC(=NCCN(C)C)c1ccccc1O.CC(=NCCN)c1ccccc1O.CC(=NCCO)c1ccccc1O.CCN(CC)CCN=C(C)c1ccccc1O.CNCCN=C(C)c1ccccc1O.COCCN=C(C)c1ccccc1O. The number of para-hydroxylation sites is 6. The van der Waals surface area contributed by atoms with E-state index in [9.17, 15) is 30.6 Å². The Balaban J connectivity index is 0.000000517. The van der Waals surface area contributed by atoms with Gasteiger partial charge in [-0.1, -0.05) is 86.6 Å². The maximum absolute atomic E-state index is 9.69. The van der Waals surface area contributed by atoms with Crippen molar-refractivity contribution in [3.8, 4) is 34.5 Å². The molecular formula is C68H98N10O8. The van der Waals surface area contributed by atoms with Crippen LogP contribution in [0.1, 0.15) is 88.8 Å². The minimum Gasteiger partial charge on any atom is -0.507 e. The summed E-state index contributed by atoms with van der Waals surface area (Å²) in [5.74, 6) is 1.65. The molecule has 6 aromatic carbocycles. The molecule has 6 aromatic rings. The molecule has 0 saturated carbocycles. The van der Waals surface area contributed by atoms with Gasteiger partial charge < -0.3 is 61.3 Å². The van der Waals surface area contributed by atoms with Crippen molar-refractivity contribution in [1.29, 1.82) is 0 Å². The summed E-state index contributed by atoms with van der Waals surface area (Å²) in [4.78, 5) is 30.2. The van der Waals surface area contributed by atoms with E-state index in [-0.39, 0.29) is 23.9 Å². The summed E-state index contributed by atoms with van der Waals surface area (Å²) in [7, 11) is 7.57. The smallest absolute Gasteiger partial charge is 0.124 e. The van der Waals surface area contributed by atoms with Crippen molar-refractivity contribution in [2.24, 2.45) is 35.7 Å². The molecule has 0 aromatic heterocycles. The van der Waals surface area contributed by atoms with Crippen molar-refractivity contribution >= 4 is 34.3 Å². The highest BCUT2D eigenvalue weighted by Crippen LogP contribution is 2.21. The van der Waals surface area contributed by atoms with Crippen LogP contribution in [0.5, 0.6) is 34.5 Å². The molecule has 18 heteroatoms. The summed E-state index contributed by atoms with van der Waals surface area (Å²) in [6.45, 7) is 25.5. The third-order valence-corrected chi connectivity index (χ3v) is 12.6. The molecule has 468 valence electrons. The first kappa shape index (κ1) is 75.9. The molecule has 0 aliphatic carbocycles. The average molecular weight is 1180 g/mol. The second-order valence-corrected chi connectivity index (χ2v) is 19.3. The Hall–Kier alpha value is -8.10. The first-order valence-electron chi connectivity index (χ1n) is 28.9. The van der Waals surface area contributed by atoms with Gasteiger partial charge in [0.25, 0.3) is 0 Å². The summed E-state index contributed by atoms with van der Waals surface area (Å²) in [6, 6.07) is 43.2. The Bertz CT molecular complexity index is 2880. The van der Waals surface area contributed by atoms with Crippen LogP contribution < -0.4 is 11.1 Å². The zero-order chi connectivity index (χ0) is 64.1. The van der Waals surface area contributed by atoms with Crippen molar-refractivity contribution in [3.05, 3.63) is 179 Å². The number of aliphatic hydroxyl groups is 1. The Kier molecular flexibility index (Phi) is 40.8. The molecule has 0 aliphatic rings. The summed E-state index contributed by atoms with van der Waals surface area (Å²) in [5, 5.41) is 68.8. The van der Waals surface area contributed by atoms with Crippen molar-refractivity contribution in [2.45, 2.75) is 55.4 Å². The molecule has 0 bridgehead atoms. The molecule has 0 unspecified atom stereocenters. The van der Waals surface area contributed by atoms with E-state index in [0.29, 0.717) is 50.0 Å². The lowest BCUT2D eigenvalue weighted by atomic mass is 10.1. The molecule has 0 spiro atoms. The maximum Gasteiger partial charge on any atom is 0.124 e. The number of nitrogens with two attached hydrogens (primary N) is 1. The summed E-state index contributed by atoms with van der Waals surface area (Å²) in [5.41, 5.74) is 15.1. The Labute approximate surface area is 512 Å². The largest absolute Gasteiger partial charge is 0.507 e. The Morgan fingerprint density at radius 2 is 0.686 bits per heavy atom. The van der Waals surface area contributed by atoms with Gasteiger partial charge in [-0.25, -0.2) is 0 Å². The Morgan fingerprint density at radius 1 is 0.419 bits per heavy atom. The number of ether oxygens (including phenoxy) is 1. The quantitative estimate of drug-likeness (QED) is 0.0202. The highest BCUT2D eigenvalue weighted by Gasteiger charge is 2.07. The number of benzene rings is 6. The molecule has 6 rings (SSSR count). The second kappa shape index (κ2) is 46.2. The number of methoxy groups -OCH3 is 1. The van der Waals surface area contributed by atoms with Gasteiger partial charge in [-0.3, -0.25) is 30.0 Å². The van der Waals surface area contributed by atoms with Crippen LogP contribution >= 0.6 is 0 Å². The first-order valence-corrected chi connectivity index (χ1v) is 28.9. The topological polar surface area (TPSA) is 270 Å². The molecule has 10 N–H and O–H groups in total. The van der Waals surface area contributed by atoms with Crippen molar-refractivity contribution in [3.63, 3.8) is 0 Å². The molecule has 18 nitrogen and oxygen atoms in total. The van der Waals surface area contributed by atoms with Crippen LogP contribution in [-0.4, -0.2) is 200 Å². The van der Waals surface area contributed by atoms with Gasteiger partial charge in [0.2, 0.25) is 0 Å². The van der Waals surface area contributed by atoms with E-state index in [1.807, 2.05) is 142 Å². The molecule has 0 amide bonds. The van der Waals surface area contributed by atoms with Crippen LogP contribution in [0.3, 0.4) is 0 Å². The molecule has 0 aliphatic heterocycles. The second-order valence-electron chi connectivity index (χ2n) is 19.3. The zero-order valence-corrected chi connectivity index (χ0v) is 52.9. The van der Waals surface area contributed by atoms with Crippen molar-refractivity contribution in [1.82, 2.24) is 15.1 Å². The van der Waals surface area contributed by atoms with E-state index in [4.69, 9.17) is 15.6 Å². The predicted molar refractivity (Wildman–Crippen MR) is 359 cm³/mol. The lowest BCUT2D eigenvalue weighted by molar-refractivity contribution is 0.208. The van der Waals surface area contributed by atoms with Gasteiger partial charge in [-0.2, -0.15) is 0 Å². The van der Waals surface area contributed by atoms with Gasteiger partial charge >= 0.3 is 0 Å². The summed E-state index contributed by atoms with van der Waals surface area (Å²) in [6.07, 6.45) is 0. The number of likely N-dealkylation sites (N-methyl/N-ethyl adjacent to an activating group) is 3. The minimum absolute atomic E-state index is 0.0327. The van der Waals surface area contributed by atoms with E-state index in [1.165, 1.54) is 0 Å². The van der Waals surface area contributed by atoms with E-state index < -0.39 is 0 Å². The summed E-state index contributed by atoms with van der Waals surface area (Å²) < 4.78 is 4.89. The van der Waals surface area contributed by atoms with Crippen LogP contribution in [0.2, 0.25) is 0 Å². The number of nitrogens with zero attached hydrogens (tertiary/aromatic N) is 8. The van der Waals surface area contributed by atoms with E-state index >= 15 is 0 Å². The van der Waals surface area contributed by atoms with Crippen LogP contribution in [0.25, 0.3) is 0 Å². The first-order chi connectivity index (χ1) is 41.3. The number of rotatable bonds is 24. The number of phenolic OH excluding ortho intramolecular Hbond substituents is 6. The molecule has 0 fully saturated rings. The third-order valence-electron chi connectivity index (χ3n) is 12.6. The molecule has 0 heterocycles. The fraction of sp³-hybridized carbons (Fsp3) is 0.382. The standard InChI is InChI=1S/C14H22N2O.C12H18N2O.C11H16N2O.C11H15NO2.C10H14N2O.C10H13NO2/c1-4-16(5-2)11-10-15-12(3)13-8-6-7-9-14(13)17;1-10(13-8-9-14(2)3)11-6-4-5-7-12(11)15;1-9(13-8-7-12-2)10-5-3-4-6-11(10)14;1-9(12-7-8-14-2)10-5-3-4-6-11(10)13;1-8(12-7-6-11)9-4-2-3-5-10(9)13;1-8(11-6-7-12)9-4-2-3-5-10(9)13/h6-9,17H,4-5,10-11H2,1-3H3;4-7,15H,8-9H2,1-3H3;3-6,12,14H,7-8H2,1-2H3;3-6,13H,7-8H2,1-2H3;2-5,13H,6-7,11H2,1H3;2-5,12-13H,6-7H2,1H3. The van der Waals surface area contributed by atoms with Crippen LogP contribution in [0.4, 0.5) is 0 Å². The van der Waals surface area contributed by atoms with E-state index in [2.05, 4.69) is 58.9 Å². The van der Waals surface area contributed by atoms with Crippen molar-refractivity contribution < 1.29 is 40.5 Å². The number of aliphatic imine (C=N–C) groups is 6. The minimum atomic E-state index is 0.0327. The number of nitrogens with one attached hydrogen (secondary N) is 1. The van der Waals surface area contributed by atoms with Gasteiger partial charge in [-0.15, -0.1) is 0 Å². The highest BCUT2D eigenvalue weighted by molar-refractivity contribution is 6.03. The van der Waals surface area contributed by atoms with E-state index in [1.54, 1.807) is 73.8 Å². The maximum atomic E-state index is 9.69. The van der Waals surface area contributed by atoms with Gasteiger partial charge in [0.05, 0.1) is 52.5 Å². The molecule has 0 atom stereocenters. The summed E-state index contributed by atoms with van der Waals surface area (Å²) >= 11 is 0. The normalized spacial score (nSPS) is 11.9. The highest BCUT2D eigenvalue weighted by atomic mass is 16.5. The molecule has 0 radical (unpaired) electrons. The average Bonchev–Trinajstić information content (AvgIpc) is 3.72. The Morgan fingerprint density at radius 3 is 0.942 bits per heavy atom. The van der Waals surface area contributed by atoms with Gasteiger partial charge in [0.1, 0.15) is 34.5 Å². The van der Waals surface area contributed by atoms with Crippen molar-refractivity contribution in [2.75, 3.05) is 120 Å². The van der Waals surface area contributed by atoms with Crippen LogP contribution in [-0.2, 0) is 4.74 Å². The lowest BCUT2D eigenvalue weighted by Gasteiger charge is -2.16. The fourth-order valence-corrected chi connectivity index (χ4v) is 7.60. The van der Waals surface area contributed by atoms with Gasteiger partial charge in [0.15, 0.2) is 0 Å². The molecular weight excluding hydrogens is 1080 g/mol. The fourth-order valence-electron chi connectivity index (χ4n) is 7.60. The van der Waals surface area contributed by atoms with Crippen LogP contribution in [0, 0.1) is 0 Å². The molecule has 0 saturated heterocycles. The van der Waals surface area contributed by atoms with Gasteiger partial charge in [-0.05, 0) is 149 Å². The number of phenols is 6. The number of hydrogen-bond acceptors (Lipinski definition) is 18. The van der Waals surface area contributed by atoms with Gasteiger partial charge in [0, 0.05) is 101 Å². The number of aliphatic hydroxyl groups excluding tert-OH is 1. The monoisotopic (exact) mass is 1180 g/mol. The number of hydrogen-bond donors (Lipinski definition) is 9. The lowest BCUT2D eigenvalue weighted by Crippen LogP contribution is -2.25. The van der Waals surface area contributed by atoms with E-state index in [0.717, 1.165) is 120 Å². The third kappa shape index (κ3) is 31.7. The zero-order valence-electron chi connectivity index (χ0n) is 52.9. The predicted octanol–water partition coefficient (Wildman–Crippen LogP) is 9.93. The molecule has 86 heavy (non-hydrogen) atoms. The van der Waals surface area contributed by atoms with Crippen LogP contribution in [0.15, 0.2) is 176 Å². The number of aromatic hydroxyl groups is 6.